The molecule has 0 radical (unpaired) electrons. The predicted molar refractivity (Wildman–Crippen MR) is 112 cm³/mol. The van der Waals surface area contributed by atoms with E-state index in [2.05, 4.69) is 45.6 Å². The molecule has 5 nitrogen and oxygen atoms in total. The van der Waals surface area contributed by atoms with Gasteiger partial charge >= 0.3 is 0 Å². The lowest BCUT2D eigenvalue weighted by Gasteiger charge is -2.13. The molecule has 1 unspecified atom stereocenters. The van der Waals surface area contributed by atoms with E-state index in [1.165, 1.54) is 5.56 Å². The van der Waals surface area contributed by atoms with E-state index in [-0.39, 0.29) is 23.5 Å². The molecule has 0 aliphatic rings. The third-order valence-electron chi connectivity index (χ3n) is 4.35. The standard InChI is InChI=1S/C22H21BrN2O3/c1-15(17-5-3-2-4-6-17)14-24-21(26)13-16-7-9-18(10-8-16)25-22(27)19-11-12-20(23)28-19/h2-12,15H,13-14H2,1H3,(H,24,26)(H,25,27). The van der Waals surface area contributed by atoms with E-state index in [9.17, 15) is 9.59 Å². The second-order valence-electron chi connectivity index (χ2n) is 6.55. The Morgan fingerprint density at radius 2 is 1.71 bits per heavy atom. The average Bonchev–Trinajstić information content (AvgIpc) is 3.15. The average molecular weight is 441 g/mol. The number of benzene rings is 2. The molecule has 144 valence electrons. The maximum atomic E-state index is 12.2. The van der Waals surface area contributed by atoms with Gasteiger partial charge in [-0.3, -0.25) is 9.59 Å². The number of anilines is 1. The smallest absolute Gasteiger partial charge is 0.291 e. The summed E-state index contributed by atoms with van der Waals surface area (Å²) in [6.07, 6.45) is 0.293. The van der Waals surface area contributed by atoms with Crippen LogP contribution in [0.15, 0.2) is 75.8 Å². The van der Waals surface area contributed by atoms with Crippen molar-refractivity contribution in [2.24, 2.45) is 0 Å². The third-order valence-corrected chi connectivity index (χ3v) is 4.77. The molecule has 1 atom stereocenters. The fourth-order valence-corrected chi connectivity index (χ4v) is 3.06. The van der Waals surface area contributed by atoms with Crippen molar-refractivity contribution in [2.75, 3.05) is 11.9 Å². The van der Waals surface area contributed by atoms with Crippen LogP contribution in [0.2, 0.25) is 0 Å². The van der Waals surface area contributed by atoms with Gasteiger partial charge in [0.15, 0.2) is 10.4 Å². The molecule has 2 N–H and O–H groups in total. The molecule has 0 bridgehead atoms. The van der Waals surface area contributed by atoms with Gasteiger partial charge in [0.05, 0.1) is 6.42 Å². The molecule has 2 amide bonds. The van der Waals surface area contributed by atoms with Crippen LogP contribution in [0, 0.1) is 0 Å². The highest BCUT2D eigenvalue weighted by Gasteiger charge is 2.11. The molecule has 1 aromatic heterocycles. The molecule has 0 saturated heterocycles. The summed E-state index contributed by atoms with van der Waals surface area (Å²) in [5, 5.41) is 5.73. The Bertz CT molecular complexity index is 936. The van der Waals surface area contributed by atoms with Crippen molar-refractivity contribution < 1.29 is 14.0 Å². The van der Waals surface area contributed by atoms with E-state index >= 15 is 0 Å². The Balaban J connectivity index is 1.48. The van der Waals surface area contributed by atoms with Crippen LogP contribution in [0.5, 0.6) is 0 Å². The summed E-state index contributed by atoms with van der Waals surface area (Å²) in [7, 11) is 0. The van der Waals surface area contributed by atoms with Gasteiger partial charge in [0, 0.05) is 12.2 Å². The van der Waals surface area contributed by atoms with Gasteiger partial charge in [0.25, 0.3) is 5.91 Å². The molecule has 1 heterocycles. The van der Waals surface area contributed by atoms with Crippen LogP contribution in [0.4, 0.5) is 5.69 Å². The minimum Gasteiger partial charge on any atom is -0.444 e. The van der Waals surface area contributed by atoms with E-state index in [0.29, 0.717) is 23.3 Å². The molecular weight excluding hydrogens is 420 g/mol. The quantitative estimate of drug-likeness (QED) is 0.556. The zero-order valence-corrected chi connectivity index (χ0v) is 17.0. The zero-order valence-electron chi connectivity index (χ0n) is 15.4. The number of halogens is 1. The maximum Gasteiger partial charge on any atom is 0.291 e. The van der Waals surface area contributed by atoms with Crippen LogP contribution < -0.4 is 10.6 Å². The van der Waals surface area contributed by atoms with E-state index in [1.807, 2.05) is 30.3 Å². The monoisotopic (exact) mass is 440 g/mol. The van der Waals surface area contributed by atoms with Crippen molar-refractivity contribution in [1.29, 1.82) is 0 Å². The summed E-state index contributed by atoms with van der Waals surface area (Å²) >= 11 is 3.17. The fraction of sp³-hybridized carbons (Fsp3) is 0.182. The van der Waals surface area contributed by atoms with Crippen molar-refractivity contribution in [1.82, 2.24) is 5.32 Å². The molecule has 0 aliphatic carbocycles. The van der Waals surface area contributed by atoms with Gasteiger partial charge in [0.1, 0.15) is 0 Å². The molecule has 2 aromatic carbocycles. The number of rotatable bonds is 7. The van der Waals surface area contributed by atoms with Crippen molar-refractivity contribution in [3.05, 3.63) is 88.3 Å². The topological polar surface area (TPSA) is 71.3 Å². The summed E-state index contributed by atoms with van der Waals surface area (Å²) in [5.41, 5.74) is 2.72. The van der Waals surface area contributed by atoms with Crippen LogP contribution in [0.1, 0.15) is 34.5 Å². The van der Waals surface area contributed by atoms with Crippen LogP contribution in [-0.4, -0.2) is 18.4 Å². The summed E-state index contributed by atoms with van der Waals surface area (Å²) in [6.45, 7) is 2.68. The van der Waals surface area contributed by atoms with Gasteiger partial charge < -0.3 is 15.1 Å². The highest BCUT2D eigenvalue weighted by Crippen LogP contribution is 2.17. The summed E-state index contributed by atoms with van der Waals surface area (Å²) in [5.74, 6) is 0.123. The summed E-state index contributed by atoms with van der Waals surface area (Å²) < 4.78 is 5.72. The Morgan fingerprint density at radius 3 is 2.36 bits per heavy atom. The fourth-order valence-electron chi connectivity index (χ4n) is 2.75. The maximum absolute atomic E-state index is 12.2. The SMILES string of the molecule is CC(CNC(=O)Cc1ccc(NC(=O)c2ccc(Br)o2)cc1)c1ccccc1. The number of carbonyl (C=O) groups is 2. The van der Waals surface area contributed by atoms with Gasteiger partial charge in [0.2, 0.25) is 5.91 Å². The molecule has 0 spiro atoms. The number of nitrogens with one attached hydrogen (secondary N) is 2. The lowest BCUT2D eigenvalue weighted by atomic mass is 10.0. The van der Waals surface area contributed by atoms with E-state index < -0.39 is 0 Å². The molecule has 3 rings (SSSR count). The Labute approximate surface area is 172 Å². The van der Waals surface area contributed by atoms with Crippen LogP contribution in [0.25, 0.3) is 0 Å². The Kier molecular flexibility index (Phi) is 6.66. The number of amides is 2. The van der Waals surface area contributed by atoms with E-state index in [4.69, 9.17) is 4.42 Å². The molecule has 0 fully saturated rings. The first-order valence-corrected chi connectivity index (χ1v) is 9.78. The lowest BCUT2D eigenvalue weighted by molar-refractivity contribution is -0.120. The first kappa shape index (κ1) is 19.9. The number of hydrogen-bond donors (Lipinski definition) is 2. The largest absolute Gasteiger partial charge is 0.444 e. The lowest BCUT2D eigenvalue weighted by Crippen LogP contribution is -2.28. The minimum atomic E-state index is -0.328. The normalized spacial score (nSPS) is 11.6. The van der Waals surface area contributed by atoms with Crippen molar-refractivity contribution >= 4 is 33.4 Å². The molecule has 28 heavy (non-hydrogen) atoms. The predicted octanol–water partition coefficient (Wildman–Crippen LogP) is 4.76. The van der Waals surface area contributed by atoms with E-state index in [1.54, 1.807) is 24.3 Å². The second-order valence-corrected chi connectivity index (χ2v) is 7.33. The van der Waals surface area contributed by atoms with Gasteiger partial charge in [-0.15, -0.1) is 0 Å². The van der Waals surface area contributed by atoms with Gasteiger partial charge in [-0.1, -0.05) is 49.4 Å². The van der Waals surface area contributed by atoms with Crippen LogP contribution in [-0.2, 0) is 11.2 Å². The number of carbonyl (C=O) groups excluding carboxylic acids is 2. The van der Waals surface area contributed by atoms with Gasteiger partial charge in [-0.05, 0) is 57.2 Å². The summed E-state index contributed by atoms with van der Waals surface area (Å²) in [4.78, 5) is 24.3. The molecule has 3 aromatic rings. The highest BCUT2D eigenvalue weighted by atomic mass is 79.9. The molecule has 6 heteroatoms. The van der Waals surface area contributed by atoms with Gasteiger partial charge in [-0.2, -0.15) is 0 Å². The molecular formula is C22H21BrN2O3. The Morgan fingerprint density at radius 1 is 1.00 bits per heavy atom. The van der Waals surface area contributed by atoms with Crippen molar-refractivity contribution in [3.63, 3.8) is 0 Å². The zero-order chi connectivity index (χ0) is 19.9. The van der Waals surface area contributed by atoms with E-state index in [0.717, 1.165) is 5.56 Å². The minimum absolute atomic E-state index is 0.0278. The van der Waals surface area contributed by atoms with Crippen molar-refractivity contribution in [2.45, 2.75) is 19.3 Å². The number of hydrogen-bond acceptors (Lipinski definition) is 3. The first-order valence-electron chi connectivity index (χ1n) is 8.98. The Hall–Kier alpha value is -2.86. The van der Waals surface area contributed by atoms with Crippen LogP contribution >= 0.6 is 15.9 Å². The third kappa shape index (κ3) is 5.57. The van der Waals surface area contributed by atoms with Crippen molar-refractivity contribution in [3.8, 4) is 0 Å². The summed E-state index contributed by atoms with van der Waals surface area (Å²) in [6, 6.07) is 20.5. The van der Waals surface area contributed by atoms with Crippen LogP contribution in [0.3, 0.4) is 0 Å². The highest BCUT2D eigenvalue weighted by molar-refractivity contribution is 9.10. The first-order chi connectivity index (χ1) is 13.5. The second kappa shape index (κ2) is 9.37. The van der Waals surface area contributed by atoms with Gasteiger partial charge in [-0.25, -0.2) is 0 Å². The molecule has 0 aliphatic heterocycles. The number of furan rings is 1. The molecule has 0 saturated carbocycles.